The molecule has 1 aromatic carbocycles. The number of ether oxygens (including phenoxy) is 1. The number of thiazole rings is 1. The van der Waals surface area contributed by atoms with E-state index in [-0.39, 0.29) is 18.9 Å². The number of aliphatic hydroxyl groups is 1. The molecule has 4 unspecified atom stereocenters. The van der Waals surface area contributed by atoms with Crippen molar-refractivity contribution in [2.75, 3.05) is 13.1 Å². The van der Waals surface area contributed by atoms with Gasteiger partial charge >= 0.3 is 18.3 Å². The highest BCUT2D eigenvalue weighted by Crippen LogP contribution is 2.26. The van der Waals surface area contributed by atoms with E-state index in [1.165, 1.54) is 27.9 Å². The molecule has 1 saturated heterocycles. The van der Waals surface area contributed by atoms with Crippen LogP contribution in [-0.4, -0.2) is 76.5 Å². The van der Waals surface area contributed by atoms with Crippen molar-refractivity contribution in [1.82, 2.24) is 25.8 Å². The van der Waals surface area contributed by atoms with E-state index in [4.69, 9.17) is 4.74 Å². The second-order valence-electron chi connectivity index (χ2n) is 9.87. The van der Waals surface area contributed by atoms with Crippen molar-refractivity contribution in [3.63, 3.8) is 0 Å². The number of benzene rings is 1. The Bertz CT molecular complexity index is 1100. The molecule has 40 heavy (non-hydrogen) atoms. The minimum Gasteiger partial charge on any atom is -0.444 e. The number of hydrogen-bond acceptors (Lipinski definition) is 7. The second-order valence-corrected chi connectivity index (χ2v) is 10.8. The zero-order valence-electron chi connectivity index (χ0n) is 22.2. The van der Waals surface area contributed by atoms with Crippen LogP contribution in [0.2, 0.25) is 0 Å². The van der Waals surface area contributed by atoms with Crippen molar-refractivity contribution in [1.29, 1.82) is 0 Å². The lowest BCUT2D eigenvalue weighted by Crippen LogP contribution is -2.60. The molecule has 4 N–H and O–H groups in total. The maximum Gasteiger partial charge on any atom is 0.411 e. The minimum absolute atomic E-state index is 0.112. The van der Waals surface area contributed by atoms with Crippen molar-refractivity contribution in [2.45, 2.75) is 70.1 Å². The van der Waals surface area contributed by atoms with Gasteiger partial charge in [-0.1, -0.05) is 44.2 Å². The van der Waals surface area contributed by atoms with Crippen LogP contribution in [0.1, 0.15) is 37.1 Å². The molecule has 10 nitrogen and oxygen atoms in total. The predicted molar refractivity (Wildman–Crippen MR) is 141 cm³/mol. The summed E-state index contributed by atoms with van der Waals surface area (Å²) in [4.78, 5) is 43.8. The van der Waals surface area contributed by atoms with E-state index in [2.05, 4.69) is 15.6 Å². The molecule has 2 heterocycles. The van der Waals surface area contributed by atoms with Gasteiger partial charge in [0.25, 0.3) is 0 Å². The third kappa shape index (κ3) is 9.08. The van der Waals surface area contributed by atoms with Gasteiger partial charge in [-0.25, -0.2) is 9.59 Å². The van der Waals surface area contributed by atoms with Gasteiger partial charge in [-0.2, -0.15) is 13.2 Å². The number of alkyl halides is 3. The number of aliphatic hydroxyl groups excluding tert-OH is 1. The van der Waals surface area contributed by atoms with Crippen LogP contribution in [0.25, 0.3) is 0 Å². The summed E-state index contributed by atoms with van der Waals surface area (Å²) in [5, 5.41) is 17.9. The van der Waals surface area contributed by atoms with E-state index in [0.717, 1.165) is 5.56 Å². The number of hydrogen-bond donors (Lipinski definition) is 4. The topological polar surface area (TPSA) is 133 Å². The number of urea groups is 1. The molecule has 1 aliphatic rings. The molecule has 14 heteroatoms. The zero-order valence-corrected chi connectivity index (χ0v) is 23.0. The van der Waals surface area contributed by atoms with Crippen LogP contribution in [0, 0.1) is 5.92 Å². The number of aromatic nitrogens is 1. The molecule has 4 amide bonds. The number of nitrogens with zero attached hydrogens (tertiary/aromatic N) is 2. The Labute approximate surface area is 234 Å². The average Bonchev–Trinajstić information content (AvgIpc) is 3.41. The monoisotopic (exact) mass is 585 g/mol. The van der Waals surface area contributed by atoms with Gasteiger partial charge in [0.2, 0.25) is 5.91 Å². The molecule has 1 fully saturated rings. The summed E-state index contributed by atoms with van der Waals surface area (Å²) >= 11 is 1.17. The standard InChI is InChI=1S/C26H34F3N5O5S/c1-16(2)21(34-10-6-9-31-24(34)37)23(36)32-18(11-17-7-4-3-5-8-17)12-20(35)22(26(27,28)29)33-25(38)39-14-19-13-30-15-40-19/h3-5,7-8,13,15-16,18,20-22,35H,6,9-12,14H2,1-2H3,(H,31,37)(H,32,36)(H,33,38). The van der Waals surface area contributed by atoms with Crippen molar-refractivity contribution >= 4 is 29.4 Å². The smallest absolute Gasteiger partial charge is 0.411 e. The van der Waals surface area contributed by atoms with E-state index >= 15 is 0 Å². The Morgan fingerprint density at radius 2 is 1.95 bits per heavy atom. The Balaban J connectivity index is 1.75. The second kappa shape index (κ2) is 14.3. The Morgan fingerprint density at radius 3 is 2.55 bits per heavy atom. The van der Waals surface area contributed by atoms with Crippen LogP contribution in [0.3, 0.4) is 0 Å². The van der Waals surface area contributed by atoms with Gasteiger partial charge in [-0.15, -0.1) is 11.3 Å². The molecule has 2 aromatic rings. The summed E-state index contributed by atoms with van der Waals surface area (Å²) in [6.07, 6.45) is -6.82. The minimum atomic E-state index is -5.00. The van der Waals surface area contributed by atoms with Crippen molar-refractivity contribution in [3.8, 4) is 0 Å². The lowest BCUT2D eigenvalue weighted by molar-refractivity contribution is -0.177. The first-order valence-electron chi connectivity index (χ1n) is 12.9. The predicted octanol–water partition coefficient (Wildman–Crippen LogP) is 3.22. The van der Waals surface area contributed by atoms with Gasteiger partial charge in [0.1, 0.15) is 12.6 Å². The van der Waals surface area contributed by atoms with Gasteiger partial charge in [-0.05, 0) is 30.7 Å². The van der Waals surface area contributed by atoms with Gasteiger partial charge < -0.3 is 30.7 Å². The number of amides is 4. The molecule has 0 spiro atoms. The van der Waals surface area contributed by atoms with Crippen LogP contribution in [0.15, 0.2) is 42.0 Å². The molecule has 0 bridgehead atoms. The maximum absolute atomic E-state index is 13.9. The van der Waals surface area contributed by atoms with Crippen molar-refractivity contribution < 1.29 is 37.4 Å². The van der Waals surface area contributed by atoms with Crippen molar-refractivity contribution in [2.24, 2.45) is 5.92 Å². The molecule has 0 saturated carbocycles. The largest absolute Gasteiger partial charge is 0.444 e. The van der Waals surface area contributed by atoms with E-state index in [9.17, 15) is 32.7 Å². The number of alkyl carbamates (subject to hydrolysis) is 1. The van der Waals surface area contributed by atoms with Crippen LogP contribution in [-0.2, 0) is 22.6 Å². The summed E-state index contributed by atoms with van der Waals surface area (Å²) in [7, 11) is 0. The summed E-state index contributed by atoms with van der Waals surface area (Å²) in [5.41, 5.74) is 2.21. The molecule has 1 aromatic heterocycles. The summed E-state index contributed by atoms with van der Waals surface area (Å²) < 4.78 is 46.6. The molecule has 220 valence electrons. The van der Waals surface area contributed by atoms with E-state index in [1.54, 1.807) is 49.5 Å². The van der Waals surface area contributed by atoms with E-state index in [0.29, 0.717) is 24.4 Å². The van der Waals surface area contributed by atoms with Gasteiger partial charge in [0.05, 0.1) is 16.5 Å². The first-order chi connectivity index (χ1) is 19.0. The third-order valence-corrected chi connectivity index (χ3v) is 7.14. The third-order valence-electron chi connectivity index (χ3n) is 6.39. The molecule has 1 aliphatic heterocycles. The number of halogens is 3. The van der Waals surface area contributed by atoms with Crippen LogP contribution >= 0.6 is 11.3 Å². The Kier molecular flexibility index (Phi) is 11.1. The highest BCUT2D eigenvalue weighted by Gasteiger charge is 2.46. The SMILES string of the molecule is CC(C)C(C(=O)NC(Cc1ccccc1)CC(O)C(NC(=O)OCc1cncs1)C(F)(F)F)N1CCCNC1=O. The fourth-order valence-electron chi connectivity index (χ4n) is 4.54. The lowest BCUT2D eigenvalue weighted by Gasteiger charge is -2.37. The molecule has 4 atom stereocenters. The highest BCUT2D eigenvalue weighted by molar-refractivity contribution is 7.09. The fourth-order valence-corrected chi connectivity index (χ4v) is 5.04. The molecular weight excluding hydrogens is 551 g/mol. The number of carbonyl (C=O) groups excluding carboxylic acids is 3. The number of nitrogens with one attached hydrogen (secondary N) is 3. The summed E-state index contributed by atoms with van der Waals surface area (Å²) in [5.74, 6) is -0.829. The molecule has 0 radical (unpaired) electrons. The van der Waals surface area contributed by atoms with Gasteiger partial charge in [-0.3, -0.25) is 9.78 Å². The summed E-state index contributed by atoms with van der Waals surface area (Å²) in [6, 6.07) is 3.92. The lowest BCUT2D eigenvalue weighted by atomic mass is 9.95. The fraction of sp³-hybridized carbons (Fsp3) is 0.538. The Morgan fingerprint density at radius 1 is 1.23 bits per heavy atom. The molecule has 0 aliphatic carbocycles. The van der Waals surface area contributed by atoms with Gasteiger partial charge in [0.15, 0.2) is 6.04 Å². The number of rotatable bonds is 12. The first-order valence-corrected chi connectivity index (χ1v) is 13.8. The summed E-state index contributed by atoms with van der Waals surface area (Å²) in [6.45, 7) is 4.12. The van der Waals surface area contributed by atoms with E-state index < -0.39 is 54.9 Å². The van der Waals surface area contributed by atoms with Gasteiger partial charge in [0, 0.05) is 25.3 Å². The average molecular weight is 586 g/mol. The quantitative estimate of drug-likeness (QED) is 0.303. The first kappa shape index (κ1) is 31.1. The highest BCUT2D eigenvalue weighted by atomic mass is 32.1. The van der Waals surface area contributed by atoms with Crippen LogP contribution < -0.4 is 16.0 Å². The van der Waals surface area contributed by atoms with Crippen LogP contribution in [0.4, 0.5) is 22.8 Å². The van der Waals surface area contributed by atoms with Crippen LogP contribution in [0.5, 0.6) is 0 Å². The normalized spacial score (nSPS) is 17.0. The molecular formula is C26H34F3N5O5S. The zero-order chi connectivity index (χ0) is 29.3. The maximum atomic E-state index is 13.9. The van der Waals surface area contributed by atoms with E-state index in [1.807, 2.05) is 0 Å². The van der Waals surface area contributed by atoms with Crippen molar-refractivity contribution in [3.05, 3.63) is 52.5 Å². The molecule has 3 rings (SSSR count). The Hall–Kier alpha value is -3.39. The number of carbonyl (C=O) groups is 3.